The zero-order valence-electron chi connectivity index (χ0n) is 12.0. The largest absolute Gasteiger partial charge is 0.495 e. The van der Waals surface area contributed by atoms with Crippen molar-refractivity contribution < 1.29 is 4.74 Å². The summed E-state index contributed by atoms with van der Waals surface area (Å²) in [5.74, 6) is 1.21. The van der Waals surface area contributed by atoms with Crippen molar-refractivity contribution in [3.63, 3.8) is 0 Å². The van der Waals surface area contributed by atoms with Gasteiger partial charge in [0.2, 0.25) is 0 Å². The first kappa shape index (κ1) is 14.6. The normalized spacial score (nSPS) is 11.4. The van der Waals surface area contributed by atoms with Gasteiger partial charge in [-0.3, -0.25) is 4.79 Å². The Morgan fingerprint density at radius 2 is 1.95 bits per heavy atom. The summed E-state index contributed by atoms with van der Waals surface area (Å²) >= 11 is 6.01. The topological polar surface area (TPSA) is 55.0 Å². The van der Waals surface area contributed by atoms with Crippen molar-refractivity contribution in [1.82, 2.24) is 9.97 Å². The summed E-state index contributed by atoms with van der Waals surface area (Å²) in [5, 5.41) is 0.525. The van der Waals surface area contributed by atoms with Gasteiger partial charge in [0.15, 0.2) is 0 Å². The molecule has 0 unspecified atom stereocenters. The summed E-state index contributed by atoms with van der Waals surface area (Å²) in [6.45, 7) is 5.99. The number of aromatic amines is 1. The molecule has 0 atom stereocenters. The van der Waals surface area contributed by atoms with Crippen LogP contribution in [0, 0.1) is 0 Å². The SMILES string of the molecule is COc1cc(-c2cc(=O)[nH]c(C(C)(C)C)n2)ccc1Cl. The summed E-state index contributed by atoms with van der Waals surface area (Å²) in [5.41, 5.74) is 0.997. The molecule has 0 aliphatic carbocycles. The number of H-pyrrole nitrogens is 1. The third kappa shape index (κ3) is 3.02. The van der Waals surface area contributed by atoms with E-state index < -0.39 is 0 Å². The Balaban J connectivity index is 2.58. The number of ether oxygens (including phenoxy) is 1. The molecule has 0 bridgehead atoms. The van der Waals surface area contributed by atoms with E-state index in [1.807, 2.05) is 26.8 Å². The van der Waals surface area contributed by atoms with Crippen LogP contribution < -0.4 is 10.3 Å². The fourth-order valence-corrected chi connectivity index (χ4v) is 1.97. The van der Waals surface area contributed by atoms with Gasteiger partial charge in [-0.15, -0.1) is 0 Å². The number of benzene rings is 1. The first-order chi connectivity index (χ1) is 9.31. The van der Waals surface area contributed by atoms with E-state index in [4.69, 9.17) is 16.3 Å². The lowest BCUT2D eigenvalue weighted by Crippen LogP contribution is -2.21. The number of nitrogens with zero attached hydrogens (tertiary/aromatic N) is 1. The van der Waals surface area contributed by atoms with E-state index >= 15 is 0 Å². The van der Waals surface area contributed by atoms with Crippen LogP contribution in [0.2, 0.25) is 5.02 Å². The minimum absolute atomic E-state index is 0.172. The van der Waals surface area contributed by atoms with Crippen molar-refractivity contribution in [3.8, 4) is 17.0 Å². The maximum Gasteiger partial charge on any atom is 0.251 e. The second-order valence-electron chi connectivity index (χ2n) is 5.58. The summed E-state index contributed by atoms with van der Waals surface area (Å²) in [4.78, 5) is 19.1. The molecule has 1 aromatic heterocycles. The fraction of sp³-hybridized carbons (Fsp3) is 0.333. The van der Waals surface area contributed by atoms with Gasteiger partial charge in [0.05, 0.1) is 17.8 Å². The molecule has 0 aliphatic rings. The lowest BCUT2D eigenvalue weighted by Gasteiger charge is -2.17. The molecule has 20 heavy (non-hydrogen) atoms. The van der Waals surface area contributed by atoms with Gasteiger partial charge in [-0.2, -0.15) is 0 Å². The van der Waals surface area contributed by atoms with Crippen molar-refractivity contribution in [3.05, 3.63) is 45.5 Å². The molecule has 5 heteroatoms. The minimum Gasteiger partial charge on any atom is -0.495 e. The first-order valence-electron chi connectivity index (χ1n) is 6.27. The summed E-state index contributed by atoms with van der Waals surface area (Å²) in [6, 6.07) is 6.79. The smallest absolute Gasteiger partial charge is 0.251 e. The Bertz CT molecular complexity index is 687. The van der Waals surface area contributed by atoms with Crippen LogP contribution in [-0.2, 0) is 5.41 Å². The van der Waals surface area contributed by atoms with Crippen LogP contribution in [-0.4, -0.2) is 17.1 Å². The molecular weight excluding hydrogens is 276 g/mol. The van der Waals surface area contributed by atoms with Gasteiger partial charge in [0, 0.05) is 17.0 Å². The molecule has 2 aromatic rings. The lowest BCUT2D eigenvalue weighted by molar-refractivity contribution is 0.415. The second-order valence-corrected chi connectivity index (χ2v) is 5.99. The van der Waals surface area contributed by atoms with Crippen LogP contribution in [0.3, 0.4) is 0 Å². The third-order valence-electron chi connectivity index (χ3n) is 2.90. The standard InChI is InChI=1S/C15H17ClN2O2/c1-15(2,3)14-17-11(8-13(19)18-14)9-5-6-10(16)12(7-9)20-4/h5-8H,1-4H3,(H,17,18,19). The quantitative estimate of drug-likeness (QED) is 0.923. The van der Waals surface area contributed by atoms with Gasteiger partial charge in [0.1, 0.15) is 11.6 Å². The molecule has 0 fully saturated rings. The predicted octanol–water partition coefficient (Wildman–Crippen LogP) is 3.40. The van der Waals surface area contributed by atoms with Gasteiger partial charge >= 0.3 is 0 Å². The number of aromatic nitrogens is 2. The summed E-state index contributed by atoms with van der Waals surface area (Å²) in [7, 11) is 1.55. The number of hydrogen-bond acceptors (Lipinski definition) is 3. The molecule has 2 rings (SSSR count). The third-order valence-corrected chi connectivity index (χ3v) is 3.21. The molecule has 1 N–H and O–H groups in total. The van der Waals surface area contributed by atoms with Crippen molar-refractivity contribution in [2.24, 2.45) is 0 Å². The molecule has 0 amide bonds. The van der Waals surface area contributed by atoms with E-state index in [1.165, 1.54) is 6.07 Å². The molecule has 0 saturated carbocycles. The van der Waals surface area contributed by atoms with Gasteiger partial charge in [-0.1, -0.05) is 38.4 Å². The number of halogens is 1. The highest BCUT2D eigenvalue weighted by Gasteiger charge is 2.18. The lowest BCUT2D eigenvalue weighted by atomic mass is 9.95. The summed E-state index contributed by atoms with van der Waals surface area (Å²) in [6.07, 6.45) is 0. The fourth-order valence-electron chi connectivity index (χ4n) is 1.78. The molecule has 0 spiro atoms. The van der Waals surface area contributed by atoms with Gasteiger partial charge in [-0.05, 0) is 12.1 Å². The van der Waals surface area contributed by atoms with Crippen molar-refractivity contribution >= 4 is 11.6 Å². The van der Waals surface area contributed by atoms with Crippen LogP contribution in [0.1, 0.15) is 26.6 Å². The molecular formula is C15H17ClN2O2. The first-order valence-corrected chi connectivity index (χ1v) is 6.65. The Kier molecular flexibility index (Phi) is 3.86. The van der Waals surface area contributed by atoms with E-state index in [2.05, 4.69) is 9.97 Å². The average molecular weight is 293 g/mol. The van der Waals surface area contributed by atoms with E-state index in [-0.39, 0.29) is 11.0 Å². The van der Waals surface area contributed by atoms with Crippen molar-refractivity contribution in [2.45, 2.75) is 26.2 Å². The van der Waals surface area contributed by atoms with E-state index in [0.29, 0.717) is 22.3 Å². The van der Waals surface area contributed by atoms with E-state index in [9.17, 15) is 4.79 Å². The number of hydrogen-bond donors (Lipinski definition) is 1. The Labute approximate surface area is 122 Å². The monoisotopic (exact) mass is 292 g/mol. The van der Waals surface area contributed by atoms with Crippen LogP contribution in [0.4, 0.5) is 0 Å². The van der Waals surface area contributed by atoms with Crippen LogP contribution >= 0.6 is 11.6 Å². The molecule has 0 saturated heterocycles. The minimum atomic E-state index is -0.230. The second kappa shape index (κ2) is 5.29. The molecule has 1 heterocycles. The molecule has 1 aromatic carbocycles. The Morgan fingerprint density at radius 1 is 1.25 bits per heavy atom. The molecule has 4 nitrogen and oxygen atoms in total. The van der Waals surface area contributed by atoms with Gasteiger partial charge < -0.3 is 9.72 Å². The zero-order chi connectivity index (χ0) is 14.9. The predicted molar refractivity (Wildman–Crippen MR) is 80.6 cm³/mol. The molecule has 0 aliphatic heterocycles. The van der Waals surface area contributed by atoms with Crippen LogP contribution in [0.5, 0.6) is 5.75 Å². The maximum atomic E-state index is 11.8. The van der Waals surface area contributed by atoms with Gasteiger partial charge in [-0.25, -0.2) is 4.98 Å². The van der Waals surface area contributed by atoms with E-state index in [0.717, 1.165) is 5.56 Å². The number of nitrogens with one attached hydrogen (secondary N) is 1. The Hall–Kier alpha value is -1.81. The summed E-state index contributed by atoms with van der Waals surface area (Å²) < 4.78 is 5.19. The Morgan fingerprint density at radius 3 is 2.55 bits per heavy atom. The maximum absolute atomic E-state index is 11.8. The number of methoxy groups -OCH3 is 1. The zero-order valence-corrected chi connectivity index (χ0v) is 12.7. The van der Waals surface area contributed by atoms with Gasteiger partial charge in [0.25, 0.3) is 5.56 Å². The van der Waals surface area contributed by atoms with Crippen LogP contribution in [0.15, 0.2) is 29.1 Å². The molecule has 0 radical (unpaired) electrons. The van der Waals surface area contributed by atoms with Crippen LogP contribution in [0.25, 0.3) is 11.3 Å². The van der Waals surface area contributed by atoms with Crippen molar-refractivity contribution in [1.29, 1.82) is 0 Å². The average Bonchev–Trinajstić information content (AvgIpc) is 2.37. The number of rotatable bonds is 2. The van der Waals surface area contributed by atoms with Crippen molar-refractivity contribution in [2.75, 3.05) is 7.11 Å². The highest BCUT2D eigenvalue weighted by Crippen LogP contribution is 2.29. The highest BCUT2D eigenvalue weighted by molar-refractivity contribution is 6.32. The highest BCUT2D eigenvalue weighted by atomic mass is 35.5. The van der Waals surface area contributed by atoms with E-state index in [1.54, 1.807) is 19.2 Å². The molecule has 106 valence electrons.